The second kappa shape index (κ2) is 12.2. The SMILES string of the molecule is C=CC(C)/C=C\N=C(/C(=C)SCC)C(=C/C=C\C)/C=C\C. The van der Waals surface area contributed by atoms with E-state index in [2.05, 4.69) is 44.1 Å². The molecule has 0 aliphatic rings. The minimum atomic E-state index is 0.312. The Kier molecular flexibility index (Phi) is 11.3. The fourth-order valence-electron chi connectivity index (χ4n) is 1.47. The average molecular weight is 301 g/mol. The van der Waals surface area contributed by atoms with Crippen LogP contribution in [0.1, 0.15) is 27.7 Å². The van der Waals surface area contributed by atoms with Crippen molar-refractivity contribution in [1.29, 1.82) is 0 Å². The van der Waals surface area contributed by atoms with Gasteiger partial charge in [0.2, 0.25) is 0 Å². The predicted molar refractivity (Wildman–Crippen MR) is 101 cm³/mol. The predicted octanol–water partition coefficient (Wildman–Crippen LogP) is 6.11. The summed E-state index contributed by atoms with van der Waals surface area (Å²) in [6.45, 7) is 16.1. The fourth-order valence-corrected chi connectivity index (χ4v) is 2.13. The van der Waals surface area contributed by atoms with Crippen LogP contribution in [0, 0.1) is 5.92 Å². The first kappa shape index (κ1) is 19.5. The first-order chi connectivity index (χ1) is 10.1. The van der Waals surface area contributed by atoms with Crippen LogP contribution < -0.4 is 0 Å². The molecule has 0 rings (SSSR count). The quantitative estimate of drug-likeness (QED) is 0.284. The topological polar surface area (TPSA) is 12.4 Å². The van der Waals surface area contributed by atoms with Crippen molar-refractivity contribution < 1.29 is 0 Å². The van der Waals surface area contributed by atoms with Crippen LogP contribution in [0.3, 0.4) is 0 Å². The summed E-state index contributed by atoms with van der Waals surface area (Å²) in [5, 5.41) is 0. The number of thioether (sulfide) groups is 1. The molecule has 0 aromatic rings. The molecule has 1 nitrogen and oxygen atoms in total. The molecule has 0 aliphatic heterocycles. The molecule has 0 aromatic carbocycles. The highest BCUT2D eigenvalue weighted by molar-refractivity contribution is 8.04. The van der Waals surface area contributed by atoms with Gasteiger partial charge in [0.05, 0.1) is 5.71 Å². The second-order valence-electron chi connectivity index (χ2n) is 4.42. The summed E-state index contributed by atoms with van der Waals surface area (Å²) in [4.78, 5) is 5.60. The highest BCUT2D eigenvalue weighted by atomic mass is 32.2. The summed E-state index contributed by atoms with van der Waals surface area (Å²) in [5.74, 6) is 1.30. The van der Waals surface area contributed by atoms with Gasteiger partial charge in [0.25, 0.3) is 0 Å². The van der Waals surface area contributed by atoms with E-state index in [1.54, 1.807) is 11.8 Å². The van der Waals surface area contributed by atoms with E-state index in [1.165, 1.54) is 0 Å². The van der Waals surface area contributed by atoms with Gasteiger partial charge in [-0.25, -0.2) is 0 Å². The van der Waals surface area contributed by atoms with Gasteiger partial charge in [-0.1, -0.05) is 63.0 Å². The molecule has 0 amide bonds. The third-order valence-corrected chi connectivity index (χ3v) is 3.47. The van der Waals surface area contributed by atoms with Crippen molar-refractivity contribution in [2.24, 2.45) is 10.9 Å². The van der Waals surface area contributed by atoms with E-state index in [1.807, 2.05) is 50.4 Å². The van der Waals surface area contributed by atoms with Crippen molar-refractivity contribution in [3.05, 3.63) is 72.4 Å². The molecule has 0 aromatic heterocycles. The lowest BCUT2D eigenvalue weighted by molar-refractivity contribution is 0.940. The number of nitrogens with zero attached hydrogens (tertiary/aromatic N) is 1. The van der Waals surface area contributed by atoms with Crippen LogP contribution in [0.5, 0.6) is 0 Å². The summed E-state index contributed by atoms with van der Waals surface area (Å²) in [6, 6.07) is 0. The lowest BCUT2D eigenvalue weighted by Crippen LogP contribution is -2.02. The summed E-state index contributed by atoms with van der Waals surface area (Å²) in [5.41, 5.74) is 1.99. The van der Waals surface area contributed by atoms with Crippen molar-refractivity contribution in [2.75, 3.05) is 5.75 Å². The van der Waals surface area contributed by atoms with Crippen molar-refractivity contribution in [2.45, 2.75) is 27.7 Å². The zero-order valence-electron chi connectivity index (χ0n) is 13.7. The van der Waals surface area contributed by atoms with E-state index in [-0.39, 0.29) is 0 Å². The maximum Gasteiger partial charge on any atom is 0.0831 e. The molecule has 2 heteroatoms. The maximum atomic E-state index is 4.62. The molecule has 21 heavy (non-hydrogen) atoms. The Bertz CT molecular complexity index is 476. The minimum Gasteiger partial charge on any atom is -0.255 e. The van der Waals surface area contributed by atoms with Gasteiger partial charge in [0.15, 0.2) is 0 Å². The lowest BCUT2D eigenvalue weighted by atomic mass is 10.1. The molecule has 1 unspecified atom stereocenters. The Labute approximate surface area is 134 Å². The Morgan fingerprint density at radius 3 is 2.52 bits per heavy atom. The average Bonchev–Trinajstić information content (AvgIpc) is 2.48. The Morgan fingerprint density at radius 2 is 2.00 bits per heavy atom. The molecule has 0 radical (unpaired) electrons. The molecule has 1 atom stereocenters. The standard InChI is InChI=1S/C19H27NS/c1-7-11-13-18(12-8-2)19(17(6)21-10-4)20-15-14-16(5)9-3/h7-9,11-16H,3,6,10H2,1-2,4-5H3/b11-7-,12-8-,15-14-,18-13+,20-19+. The highest BCUT2D eigenvalue weighted by Gasteiger charge is 2.07. The van der Waals surface area contributed by atoms with Crippen LogP contribution in [0.15, 0.2) is 77.4 Å². The van der Waals surface area contributed by atoms with Crippen LogP contribution in [0.4, 0.5) is 0 Å². The lowest BCUT2D eigenvalue weighted by Gasteiger charge is -2.09. The van der Waals surface area contributed by atoms with Crippen molar-refractivity contribution in [3.63, 3.8) is 0 Å². The van der Waals surface area contributed by atoms with Crippen LogP contribution in [0.2, 0.25) is 0 Å². The first-order valence-corrected chi connectivity index (χ1v) is 8.24. The number of allylic oxidation sites excluding steroid dienone is 9. The molecule has 0 aliphatic carbocycles. The molecule has 114 valence electrons. The third-order valence-electron chi connectivity index (χ3n) is 2.64. The molecular weight excluding hydrogens is 274 g/mol. The molecular formula is C19H27NS. The van der Waals surface area contributed by atoms with Gasteiger partial charge in [-0.2, -0.15) is 0 Å². The summed E-state index contributed by atoms with van der Waals surface area (Å²) >= 11 is 1.71. The van der Waals surface area contributed by atoms with Crippen molar-refractivity contribution >= 4 is 17.5 Å². The van der Waals surface area contributed by atoms with E-state index in [0.29, 0.717) is 5.92 Å². The molecule has 0 saturated carbocycles. The number of hydrogen-bond donors (Lipinski definition) is 0. The maximum absolute atomic E-state index is 4.62. The van der Waals surface area contributed by atoms with Gasteiger partial charge in [-0.3, -0.25) is 4.99 Å². The van der Waals surface area contributed by atoms with Crippen LogP contribution in [-0.2, 0) is 0 Å². The molecule has 0 bridgehead atoms. The molecule has 0 fully saturated rings. The van der Waals surface area contributed by atoms with Gasteiger partial charge in [-0.15, -0.1) is 18.3 Å². The minimum absolute atomic E-state index is 0.312. The zero-order chi connectivity index (χ0) is 16.1. The molecule has 0 N–H and O–H groups in total. The van der Waals surface area contributed by atoms with Gasteiger partial charge >= 0.3 is 0 Å². The molecule has 0 heterocycles. The summed E-state index contributed by atoms with van der Waals surface area (Å²) < 4.78 is 0. The van der Waals surface area contributed by atoms with Gasteiger partial charge < -0.3 is 0 Å². The van der Waals surface area contributed by atoms with Crippen molar-refractivity contribution in [3.8, 4) is 0 Å². The molecule has 0 saturated heterocycles. The monoisotopic (exact) mass is 301 g/mol. The summed E-state index contributed by atoms with van der Waals surface area (Å²) in [7, 11) is 0. The van der Waals surface area contributed by atoms with Gasteiger partial charge in [0.1, 0.15) is 0 Å². The Balaban J connectivity index is 5.56. The van der Waals surface area contributed by atoms with E-state index in [9.17, 15) is 0 Å². The van der Waals surface area contributed by atoms with Crippen LogP contribution in [0.25, 0.3) is 0 Å². The van der Waals surface area contributed by atoms with Crippen molar-refractivity contribution in [1.82, 2.24) is 0 Å². The zero-order valence-corrected chi connectivity index (χ0v) is 14.5. The van der Waals surface area contributed by atoms with E-state index < -0.39 is 0 Å². The normalized spacial score (nSPS) is 15.2. The number of rotatable bonds is 9. The molecule has 0 spiro atoms. The third kappa shape index (κ3) is 8.36. The second-order valence-corrected chi connectivity index (χ2v) is 5.78. The fraction of sp³-hybridized carbons (Fsp3) is 0.316. The van der Waals surface area contributed by atoms with Crippen LogP contribution >= 0.6 is 11.8 Å². The summed E-state index contributed by atoms with van der Waals surface area (Å²) in [6.07, 6.45) is 15.9. The Morgan fingerprint density at radius 1 is 1.29 bits per heavy atom. The van der Waals surface area contributed by atoms with Gasteiger partial charge in [-0.05, 0) is 25.5 Å². The number of aliphatic imine (C=N–C) groups is 1. The van der Waals surface area contributed by atoms with E-state index >= 15 is 0 Å². The largest absolute Gasteiger partial charge is 0.255 e. The highest BCUT2D eigenvalue weighted by Crippen LogP contribution is 2.20. The number of hydrogen-bond acceptors (Lipinski definition) is 2. The van der Waals surface area contributed by atoms with E-state index in [0.717, 1.165) is 21.9 Å². The smallest absolute Gasteiger partial charge is 0.0831 e. The Hall–Kier alpha value is -1.54. The van der Waals surface area contributed by atoms with Gasteiger partial charge in [0, 0.05) is 16.7 Å². The first-order valence-electron chi connectivity index (χ1n) is 7.25. The van der Waals surface area contributed by atoms with Crippen LogP contribution in [-0.4, -0.2) is 11.5 Å². The van der Waals surface area contributed by atoms with E-state index in [4.69, 9.17) is 0 Å².